The van der Waals surface area contributed by atoms with Crippen LogP contribution < -0.4 is 4.72 Å². The van der Waals surface area contributed by atoms with E-state index in [1.54, 1.807) is 7.11 Å². The van der Waals surface area contributed by atoms with E-state index in [0.717, 1.165) is 11.3 Å². The average molecular weight is 333 g/mol. The molecule has 1 heterocycles. The first-order valence-corrected chi connectivity index (χ1v) is 8.82. The molecule has 0 aromatic carbocycles. The Morgan fingerprint density at radius 3 is 2.71 bits per heavy atom. The molecule has 0 spiro atoms. The van der Waals surface area contributed by atoms with Gasteiger partial charge in [-0.05, 0) is 18.6 Å². The molecule has 1 aliphatic carbocycles. The number of rotatable bonds is 6. The van der Waals surface area contributed by atoms with Crippen molar-refractivity contribution < 1.29 is 23.1 Å². The Bertz CT molecular complexity index is 635. The summed E-state index contributed by atoms with van der Waals surface area (Å²) in [6.07, 6.45) is 0.507. The van der Waals surface area contributed by atoms with Crippen molar-refractivity contribution >= 4 is 27.3 Å². The van der Waals surface area contributed by atoms with Crippen LogP contribution in [-0.2, 0) is 26.0 Å². The second-order valence-corrected chi connectivity index (χ2v) is 8.86. The van der Waals surface area contributed by atoms with E-state index in [1.165, 1.54) is 12.1 Å². The molecule has 0 bridgehead atoms. The molecule has 1 saturated carbocycles. The lowest BCUT2D eigenvalue weighted by Gasteiger charge is -2.50. The number of nitrogens with one attached hydrogen (secondary N) is 1. The quantitative estimate of drug-likeness (QED) is 0.822. The van der Waals surface area contributed by atoms with Crippen molar-refractivity contribution in [2.75, 3.05) is 7.11 Å². The maximum atomic E-state index is 12.3. The lowest BCUT2D eigenvalue weighted by atomic mass is 9.65. The predicted molar refractivity (Wildman–Crippen MR) is 79.0 cm³/mol. The Morgan fingerprint density at radius 1 is 1.52 bits per heavy atom. The number of thiophene rings is 1. The number of hydrogen-bond acceptors (Lipinski definition) is 5. The molecule has 118 valence electrons. The lowest BCUT2D eigenvalue weighted by molar-refractivity contribution is -0.136. The van der Waals surface area contributed by atoms with Crippen LogP contribution in [0.1, 0.15) is 25.1 Å². The van der Waals surface area contributed by atoms with Crippen molar-refractivity contribution in [3.8, 4) is 0 Å². The molecule has 2 unspecified atom stereocenters. The second-order valence-electron chi connectivity index (χ2n) is 5.75. The van der Waals surface area contributed by atoms with Crippen LogP contribution in [0.5, 0.6) is 0 Å². The molecule has 1 aromatic heterocycles. The molecule has 0 amide bonds. The third-order valence-corrected chi connectivity index (χ3v) is 7.04. The fraction of sp³-hybridized carbons (Fsp3) is 0.615. The van der Waals surface area contributed by atoms with Crippen molar-refractivity contribution in [3.05, 3.63) is 17.0 Å². The normalized spacial score (nSPS) is 24.5. The topological polar surface area (TPSA) is 92.7 Å². The number of carboxylic acids is 1. The molecule has 1 aromatic rings. The van der Waals surface area contributed by atoms with Gasteiger partial charge in [-0.3, -0.25) is 4.79 Å². The minimum Gasteiger partial charge on any atom is -0.481 e. The van der Waals surface area contributed by atoms with Crippen LogP contribution >= 0.6 is 11.3 Å². The molecule has 0 saturated heterocycles. The number of aliphatic carboxylic acids is 1. The van der Waals surface area contributed by atoms with Crippen LogP contribution in [0.15, 0.2) is 16.3 Å². The fourth-order valence-electron chi connectivity index (χ4n) is 2.48. The number of carbonyl (C=O) groups is 1. The van der Waals surface area contributed by atoms with E-state index in [0.29, 0.717) is 11.3 Å². The molecule has 21 heavy (non-hydrogen) atoms. The maximum Gasteiger partial charge on any atom is 0.308 e. The highest BCUT2D eigenvalue weighted by Crippen LogP contribution is 2.43. The molecule has 0 radical (unpaired) electrons. The zero-order chi connectivity index (χ0) is 15.8. The number of carboxylic acid groups (broad SMARTS) is 1. The van der Waals surface area contributed by atoms with Crippen molar-refractivity contribution in [1.29, 1.82) is 0 Å². The van der Waals surface area contributed by atoms with Gasteiger partial charge in [-0.2, -0.15) is 0 Å². The van der Waals surface area contributed by atoms with Crippen molar-refractivity contribution in [2.24, 2.45) is 5.41 Å². The van der Waals surface area contributed by atoms with Crippen LogP contribution in [0.2, 0.25) is 0 Å². The summed E-state index contributed by atoms with van der Waals surface area (Å²) in [5.74, 6) is -0.975. The molecular formula is C13H19NO5S2. The van der Waals surface area contributed by atoms with Gasteiger partial charge in [0.1, 0.15) is 4.21 Å². The summed E-state index contributed by atoms with van der Waals surface area (Å²) in [4.78, 5) is 11.2. The minimum atomic E-state index is -3.62. The van der Waals surface area contributed by atoms with Crippen LogP contribution in [0.25, 0.3) is 0 Å². The highest BCUT2D eigenvalue weighted by molar-refractivity contribution is 7.91. The molecule has 2 atom stereocenters. The standard InChI is InChI=1S/C13H19NO5S2/c1-13(2)9(7-10(13)19-3)14-21(17,18)12-5-4-8(20-12)6-11(15)16/h4-5,9-10,14H,6-7H2,1-3H3,(H,15,16). The number of hydrogen-bond donors (Lipinski definition) is 2. The van der Waals surface area contributed by atoms with Gasteiger partial charge in [0.15, 0.2) is 0 Å². The number of ether oxygens (including phenoxy) is 1. The molecule has 1 aliphatic rings. The third kappa shape index (κ3) is 3.28. The zero-order valence-electron chi connectivity index (χ0n) is 12.1. The van der Waals surface area contributed by atoms with E-state index in [1.807, 2.05) is 13.8 Å². The predicted octanol–water partition coefficient (Wildman–Crippen LogP) is 1.47. The summed E-state index contributed by atoms with van der Waals surface area (Å²) < 4.78 is 32.8. The largest absolute Gasteiger partial charge is 0.481 e. The van der Waals surface area contributed by atoms with Gasteiger partial charge in [0.25, 0.3) is 0 Å². The monoisotopic (exact) mass is 333 g/mol. The molecular weight excluding hydrogens is 314 g/mol. The summed E-state index contributed by atoms with van der Waals surface area (Å²) in [7, 11) is -2.00. The number of sulfonamides is 1. The lowest BCUT2D eigenvalue weighted by Crippen LogP contribution is -2.61. The molecule has 6 nitrogen and oxygen atoms in total. The molecule has 0 aliphatic heterocycles. The molecule has 2 N–H and O–H groups in total. The van der Waals surface area contributed by atoms with Gasteiger partial charge in [0, 0.05) is 23.4 Å². The van der Waals surface area contributed by atoms with E-state index in [2.05, 4.69) is 4.72 Å². The van der Waals surface area contributed by atoms with Gasteiger partial charge in [-0.15, -0.1) is 11.3 Å². The van der Waals surface area contributed by atoms with E-state index in [-0.39, 0.29) is 28.2 Å². The summed E-state index contributed by atoms with van der Waals surface area (Å²) in [5.41, 5.74) is -0.261. The van der Waals surface area contributed by atoms with Crippen molar-refractivity contribution in [2.45, 2.75) is 43.0 Å². The van der Waals surface area contributed by atoms with Crippen LogP contribution in [-0.4, -0.2) is 38.7 Å². The summed E-state index contributed by atoms with van der Waals surface area (Å²) in [6.45, 7) is 3.92. The first kappa shape index (κ1) is 16.4. The molecule has 8 heteroatoms. The van der Waals surface area contributed by atoms with Gasteiger partial charge in [-0.1, -0.05) is 13.8 Å². The average Bonchev–Trinajstić information content (AvgIpc) is 2.82. The smallest absolute Gasteiger partial charge is 0.308 e. The summed E-state index contributed by atoms with van der Waals surface area (Å²) in [5, 5.41) is 8.72. The Morgan fingerprint density at radius 2 is 2.19 bits per heavy atom. The third-order valence-electron chi connectivity index (χ3n) is 3.99. The molecule has 1 fully saturated rings. The Balaban J connectivity index is 2.09. The van der Waals surface area contributed by atoms with E-state index < -0.39 is 16.0 Å². The van der Waals surface area contributed by atoms with Gasteiger partial charge in [-0.25, -0.2) is 13.1 Å². The van der Waals surface area contributed by atoms with Crippen LogP contribution in [0.3, 0.4) is 0 Å². The van der Waals surface area contributed by atoms with Crippen molar-refractivity contribution in [1.82, 2.24) is 4.72 Å². The van der Waals surface area contributed by atoms with Gasteiger partial charge in [0.05, 0.1) is 12.5 Å². The van der Waals surface area contributed by atoms with E-state index >= 15 is 0 Å². The SMILES string of the molecule is COC1CC(NS(=O)(=O)c2ccc(CC(=O)O)s2)C1(C)C. The first-order chi connectivity index (χ1) is 9.66. The van der Waals surface area contributed by atoms with Gasteiger partial charge in [0.2, 0.25) is 10.0 Å². The van der Waals surface area contributed by atoms with Gasteiger partial charge >= 0.3 is 5.97 Å². The van der Waals surface area contributed by atoms with Crippen LogP contribution in [0, 0.1) is 5.41 Å². The number of methoxy groups -OCH3 is 1. The van der Waals surface area contributed by atoms with Crippen molar-refractivity contribution in [3.63, 3.8) is 0 Å². The Labute approximate surface area is 128 Å². The highest BCUT2D eigenvalue weighted by atomic mass is 32.2. The van der Waals surface area contributed by atoms with Crippen LogP contribution in [0.4, 0.5) is 0 Å². The Kier molecular flexibility index (Phi) is 4.44. The first-order valence-electron chi connectivity index (χ1n) is 6.52. The summed E-state index contributed by atoms with van der Waals surface area (Å²) >= 11 is 0.989. The van der Waals surface area contributed by atoms with Gasteiger partial charge < -0.3 is 9.84 Å². The highest BCUT2D eigenvalue weighted by Gasteiger charge is 2.50. The second kappa shape index (κ2) is 5.68. The minimum absolute atomic E-state index is 0.0381. The van der Waals surface area contributed by atoms with E-state index in [9.17, 15) is 13.2 Å². The van der Waals surface area contributed by atoms with E-state index in [4.69, 9.17) is 9.84 Å². The Hall–Kier alpha value is -0.960. The zero-order valence-corrected chi connectivity index (χ0v) is 13.8. The fourth-order valence-corrected chi connectivity index (χ4v) is 5.25. The summed E-state index contributed by atoms with van der Waals surface area (Å²) in [6, 6.07) is 2.81. The molecule has 2 rings (SSSR count). The maximum absolute atomic E-state index is 12.3.